The van der Waals surface area contributed by atoms with Crippen molar-refractivity contribution >= 4 is 0 Å². The van der Waals surface area contributed by atoms with E-state index in [1.165, 1.54) is 0 Å². The number of nitrogens with zero attached hydrogens (tertiary/aromatic N) is 5. The molecule has 0 bridgehead atoms. The zero-order valence-electron chi connectivity index (χ0n) is 10.3. The molecule has 0 fully saturated rings. The molecule has 2 heterocycles. The zero-order chi connectivity index (χ0) is 12.1. The molecule has 0 aliphatic heterocycles. The molecule has 0 aliphatic carbocycles. The molecule has 2 aromatic rings. The number of hydrogen-bond donors (Lipinski definition) is 1. The summed E-state index contributed by atoms with van der Waals surface area (Å²) in [4.78, 5) is 4.27. The van der Waals surface area contributed by atoms with Crippen LogP contribution in [-0.4, -0.2) is 37.4 Å². The molecule has 0 saturated carbocycles. The summed E-state index contributed by atoms with van der Waals surface area (Å²) in [5.41, 5.74) is 0. The zero-order valence-corrected chi connectivity index (χ0v) is 10.3. The van der Waals surface area contributed by atoms with E-state index in [1.54, 1.807) is 6.33 Å². The Hall–Kier alpha value is -1.69. The molecule has 0 spiro atoms. The molecule has 92 valence electrons. The highest BCUT2D eigenvalue weighted by molar-refractivity contribution is 4.91. The Balaban J connectivity index is 1.64. The molecule has 0 aliphatic rings. The van der Waals surface area contributed by atoms with Gasteiger partial charge in [0.1, 0.15) is 18.0 Å². The van der Waals surface area contributed by atoms with Gasteiger partial charge in [-0.2, -0.15) is 0 Å². The predicted octanol–water partition coefficient (Wildman–Crippen LogP) is -0.0766. The smallest absolute Gasteiger partial charge is 0.133 e. The highest BCUT2D eigenvalue weighted by Crippen LogP contribution is 1.94. The van der Waals surface area contributed by atoms with Gasteiger partial charge < -0.3 is 14.5 Å². The Kier molecular flexibility index (Phi) is 3.87. The SMILES string of the molecule is Cn1ccnc1CCNCCc1nncn1C. The molecular weight excluding hydrogens is 216 g/mol. The summed E-state index contributed by atoms with van der Waals surface area (Å²) in [6.07, 6.45) is 7.37. The quantitative estimate of drug-likeness (QED) is 0.710. The Morgan fingerprint density at radius 3 is 2.47 bits per heavy atom. The van der Waals surface area contributed by atoms with Crippen LogP contribution in [0, 0.1) is 0 Å². The predicted molar refractivity (Wildman–Crippen MR) is 64.5 cm³/mol. The molecule has 2 aromatic heterocycles. The molecular formula is C11H18N6. The van der Waals surface area contributed by atoms with Crippen LogP contribution in [0.15, 0.2) is 18.7 Å². The molecule has 17 heavy (non-hydrogen) atoms. The minimum atomic E-state index is 0.900. The molecule has 6 heteroatoms. The summed E-state index contributed by atoms with van der Waals surface area (Å²) in [6.45, 7) is 1.85. The van der Waals surface area contributed by atoms with Crippen molar-refractivity contribution in [2.45, 2.75) is 12.8 Å². The van der Waals surface area contributed by atoms with Crippen LogP contribution in [0.1, 0.15) is 11.6 Å². The Bertz CT molecular complexity index is 416. The molecule has 6 nitrogen and oxygen atoms in total. The number of aryl methyl sites for hydroxylation is 2. The van der Waals surface area contributed by atoms with E-state index in [-0.39, 0.29) is 0 Å². The maximum absolute atomic E-state index is 4.27. The second kappa shape index (κ2) is 5.58. The molecule has 0 amide bonds. The van der Waals surface area contributed by atoms with Crippen LogP contribution in [0.3, 0.4) is 0 Å². The fourth-order valence-electron chi connectivity index (χ4n) is 1.70. The van der Waals surface area contributed by atoms with Gasteiger partial charge in [-0.15, -0.1) is 10.2 Å². The van der Waals surface area contributed by atoms with Crippen LogP contribution in [-0.2, 0) is 26.9 Å². The van der Waals surface area contributed by atoms with Gasteiger partial charge in [0, 0.05) is 52.4 Å². The molecule has 0 aromatic carbocycles. The van der Waals surface area contributed by atoms with Crippen molar-refractivity contribution in [1.82, 2.24) is 29.6 Å². The lowest BCUT2D eigenvalue weighted by atomic mass is 10.3. The Morgan fingerprint density at radius 1 is 1.12 bits per heavy atom. The first-order valence-electron chi connectivity index (χ1n) is 5.77. The number of aromatic nitrogens is 5. The average molecular weight is 234 g/mol. The minimum absolute atomic E-state index is 0.900. The molecule has 0 unspecified atom stereocenters. The first kappa shape index (κ1) is 11.8. The topological polar surface area (TPSA) is 60.6 Å². The summed E-state index contributed by atoms with van der Waals surface area (Å²) in [5, 5.41) is 11.3. The van der Waals surface area contributed by atoms with Gasteiger partial charge in [-0.1, -0.05) is 0 Å². The summed E-state index contributed by atoms with van der Waals surface area (Å²) in [5.74, 6) is 2.12. The fraction of sp³-hybridized carbons (Fsp3) is 0.545. The third kappa shape index (κ3) is 3.13. The van der Waals surface area contributed by atoms with Crippen molar-refractivity contribution in [1.29, 1.82) is 0 Å². The maximum atomic E-state index is 4.27. The second-order valence-electron chi connectivity index (χ2n) is 4.06. The lowest BCUT2D eigenvalue weighted by Gasteiger charge is -2.04. The lowest BCUT2D eigenvalue weighted by Crippen LogP contribution is -2.22. The minimum Gasteiger partial charge on any atom is -0.338 e. The van der Waals surface area contributed by atoms with E-state index in [4.69, 9.17) is 0 Å². The van der Waals surface area contributed by atoms with Crippen molar-refractivity contribution in [3.8, 4) is 0 Å². The number of hydrogen-bond acceptors (Lipinski definition) is 4. The maximum Gasteiger partial charge on any atom is 0.133 e. The van der Waals surface area contributed by atoms with Crippen molar-refractivity contribution in [2.75, 3.05) is 13.1 Å². The number of nitrogens with one attached hydrogen (secondary N) is 1. The highest BCUT2D eigenvalue weighted by Gasteiger charge is 2.01. The van der Waals surface area contributed by atoms with E-state index in [1.807, 2.05) is 35.6 Å². The first-order valence-corrected chi connectivity index (χ1v) is 5.77. The van der Waals surface area contributed by atoms with E-state index in [0.717, 1.165) is 37.6 Å². The third-order valence-corrected chi connectivity index (χ3v) is 2.78. The third-order valence-electron chi connectivity index (χ3n) is 2.78. The summed E-state index contributed by atoms with van der Waals surface area (Å²) in [6, 6.07) is 0. The van der Waals surface area contributed by atoms with E-state index in [2.05, 4.69) is 20.5 Å². The summed E-state index contributed by atoms with van der Waals surface area (Å²) in [7, 11) is 3.98. The summed E-state index contributed by atoms with van der Waals surface area (Å²) >= 11 is 0. The van der Waals surface area contributed by atoms with Crippen LogP contribution in [0.4, 0.5) is 0 Å². The van der Waals surface area contributed by atoms with E-state index >= 15 is 0 Å². The molecule has 1 N–H and O–H groups in total. The molecule has 0 saturated heterocycles. The molecule has 0 atom stereocenters. The van der Waals surface area contributed by atoms with Crippen molar-refractivity contribution in [3.63, 3.8) is 0 Å². The second-order valence-corrected chi connectivity index (χ2v) is 4.06. The summed E-state index contributed by atoms with van der Waals surface area (Å²) < 4.78 is 3.99. The molecule has 2 rings (SSSR count). The van der Waals surface area contributed by atoms with E-state index < -0.39 is 0 Å². The standard InChI is InChI=1S/C11H18N6/c1-16-8-7-13-10(16)3-5-12-6-4-11-15-14-9-17(11)2/h7-9,12H,3-6H2,1-2H3. The Labute approximate surface area is 101 Å². The number of imidazole rings is 1. The van der Waals surface area contributed by atoms with Gasteiger partial charge >= 0.3 is 0 Å². The Morgan fingerprint density at radius 2 is 1.88 bits per heavy atom. The van der Waals surface area contributed by atoms with Gasteiger partial charge in [-0.05, 0) is 0 Å². The van der Waals surface area contributed by atoms with Crippen LogP contribution >= 0.6 is 0 Å². The van der Waals surface area contributed by atoms with Crippen molar-refractivity contribution in [2.24, 2.45) is 14.1 Å². The van der Waals surface area contributed by atoms with Crippen molar-refractivity contribution in [3.05, 3.63) is 30.4 Å². The largest absolute Gasteiger partial charge is 0.338 e. The number of rotatable bonds is 6. The van der Waals surface area contributed by atoms with Gasteiger partial charge in [0.05, 0.1) is 0 Å². The van der Waals surface area contributed by atoms with E-state index in [0.29, 0.717) is 0 Å². The van der Waals surface area contributed by atoms with Crippen LogP contribution in [0.2, 0.25) is 0 Å². The van der Waals surface area contributed by atoms with E-state index in [9.17, 15) is 0 Å². The van der Waals surface area contributed by atoms with Crippen LogP contribution in [0.5, 0.6) is 0 Å². The lowest BCUT2D eigenvalue weighted by molar-refractivity contribution is 0.633. The van der Waals surface area contributed by atoms with Gasteiger partial charge in [-0.25, -0.2) is 4.98 Å². The monoisotopic (exact) mass is 234 g/mol. The highest BCUT2D eigenvalue weighted by atomic mass is 15.2. The average Bonchev–Trinajstić information content (AvgIpc) is 2.89. The first-order chi connectivity index (χ1) is 8.27. The van der Waals surface area contributed by atoms with Gasteiger partial charge in [-0.3, -0.25) is 0 Å². The van der Waals surface area contributed by atoms with Crippen LogP contribution < -0.4 is 5.32 Å². The normalized spacial score (nSPS) is 10.9. The van der Waals surface area contributed by atoms with Crippen LogP contribution in [0.25, 0.3) is 0 Å². The van der Waals surface area contributed by atoms with Crippen molar-refractivity contribution < 1.29 is 0 Å². The van der Waals surface area contributed by atoms with Gasteiger partial charge in [0.15, 0.2) is 0 Å². The van der Waals surface area contributed by atoms with Gasteiger partial charge in [0.2, 0.25) is 0 Å². The fourth-order valence-corrected chi connectivity index (χ4v) is 1.70. The molecule has 0 radical (unpaired) electrons. The van der Waals surface area contributed by atoms with Gasteiger partial charge in [0.25, 0.3) is 0 Å².